The van der Waals surface area contributed by atoms with Crippen LogP contribution in [0.3, 0.4) is 0 Å². The number of carbonyl (C=O) groups excluding carboxylic acids is 1. The topological polar surface area (TPSA) is 51.6 Å². The summed E-state index contributed by atoms with van der Waals surface area (Å²) in [5.41, 5.74) is 2.47. The monoisotopic (exact) mass is 308 g/mol. The van der Waals surface area contributed by atoms with Crippen molar-refractivity contribution in [1.82, 2.24) is 14.6 Å². The van der Waals surface area contributed by atoms with Crippen molar-refractivity contribution in [2.24, 2.45) is 11.3 Å². The molecule has 2 aliphatic carbocycles. The Kier molecular flexibility index (Phi) is 2.76. The normalized spacial score (nSPS) is 32.2. The number of carbonyl (C=O) groups is 1. The van der Waals surface area contributed by atoms with Gasteiger partial charge in [-0.3, -0.25) is 4.79 Å². The first-order valence-corrected chi connectivity index (χ1v) is 8.12. The SMILES string of the molecule is [C-]#[N+]C1C[C@]2(C)c3c(cnc4ccnn34)CC[C@H]2C(C)(C)C1=O. The molecular formula is C18H20N4O. The summed E-state index contributed by atoms with van der Waals surface area (Å²) in [7, 11) is 0. The van der Waals surface area contributed by atoms with E-state index in [2.05, 4.69) is 21.9 Å². The van der Waals surface area contributed by atoms with Crippen molar-refractivity contribution in [3.8, 4) is 0 Å². The fraction of sp³-hybridized carbons (Fsp3) is 0.556. The predicted octanol–water partition coefficient (Wildman–Crippen LogP) is 2.84. The molecule has 0 bridgehead atoms. The van der Waals surface area contributed by atoms with Crippen LogP contribution in [0.2, 0.25) is 0 Å². The Labute approximate surface area is 135 Å². The molecule has 118 valence electrons. The predicted molar refractivity (Wildman–Crippen MR) is 85.9 cm³/mol. The van der Waals surface area contributed by atoms with Gasteiger partial charge in [-0.1, -0.05) is 20.8 Å². The van der Waals surface area contributed by atoms with E-state index >= 15 is 0 Å². The Morgan fingerprint density at radius 2 is 2.17 bits per heavy atom. The molecule has 23 heavy (non-hydrogen) atoms. The van der Waals surface area contributed by atoms with Crippen molar-refractivity contribution in [3.63, 3.8) is 0 Å². The van der Waals surface area contributed by atoms with Gasteiger partial charge in [0.25, 0.3) is 6.04 Å². The highest BCUT2D eigenvalue weighted by Crippen LogP contribution is 2.56. The van der Waals surface area contributed by atoms with Gasteiger partial charge < -0.3 is 4.85 Å². The van der Waals surface area contributed by atoms with Gasteiger partial charge in [0.15, 0.2) is 5.65 Å². The lowest BCUT2D eigenvalue weighted by molar-refractivity contribution is -0.137. The minimum absolute atomic E-state index is 0.101. The highest BCUT2D eigenvalue weighted by molar-refractivity contribution is 5.92. The average molecular weight is 308 g/mol. The molecule has 0 spiro atoms. The maximum atomic E-state index is 12.8. The van der Waals surface area contributed by atoms with Crippen molar-refractivity contribution < 1.29 is 4.79 Å². The number of aromatic nitrogens is 3. The zero-order valence-corrected chi connectivity index (χ0v) is 13.7. The van der Waals surface area contributed by atoms with E-state index in [0.29, 0.717) is 6.42 Å². The van der Waals surface area contributed by atoms with Crippen LogP contribution in [0.25, 0.3) is 10.5 Å². The van der Waals surface area contributed by atoms with E-state index in [0.717, 1.165) is 24.2 Å². The molecule has 0 N–H and O–H groups in total. The van der Waals surface area contributed by atoms with Crippen molar-refractivity contribution in [2.45, 2.75) is 51.5 Å². The van der Waals surface area contributed by atoms with E-state index in [4.69, 9.17) is 6.57 Å². The van der Waals surface area contributed by atoms with Crippen LogP contribution in [0.1, 0.15) is 44.9 Å². The molecule has 0 saturated heterocycles. The van der Waals surface area contributed by atoms with Gasteiger partial charge in [-0.05, 0) is 24.3 Å². The first kappa shape index (κ1) is 14.4. The fourth-order valence-electron chi connectivity index (χ4n) is 5.08. The highest BCUT2D eigenvalue weighted by atomic mass is 16.1. The van der Waals surface area contributed by atoms with Gasteiger partial charge in [0.2, 0.25) is 5.78 Å². The smallest absolute Gasteiger partial charge is 0.282 e. The van der Waals surface area contributed by atoms with Gasteiger partial charge in [0, 0.05) is 29.5 Å². The largest absolute Gasteiger partial charge is 0.305 e. The summed E-state index contributed by atoms with van der Waals surface area (Å²) < 4.78 is 1.92. The van der Waals surface area contributed by atoms with Crippen LogP contribution in [0.15, 0.2) is 18.5 Å². The third-order valence-corrected chi connectivity index (χ3v) is 6.09. The summed E-state index contributed by atoms with van der Waals surface area (Å²) in [5, 5.41) is 4.48. The molecule has 0 aliphatic heterocycles. The molecule has 1 unspecified atom stereocenters. The summed E-state index contributed by atoms with van der Waals surface area (Å²) in [4.78, 5) is 20.9. The number of Topliss-reactive ketones (excluding diaryl/α,β-unsaturated/α-hetero) is 1. The molecule has 2 aromatic rings. The summed E-state index contributed by atoms with van der Waals surface area (Å²) in [6, 6.07) is 1.34. The first-order chi connectivity index (χ1) is 10.9. The molecule has 2 aromatic heterocycles. The van der Waals surface area contributed by atoms with Gasteiger partial charge >= 0.3 is 0 Å². The molecule has 1 fully saturated rings. The Bertz CT molecular complexity index is 860. The lowest BCUT2D eigenvalue weighted by Gasteiger charge is -2.52. The number of hydrogen-bond acceptors (Lipinski definition) is 3. The van der Waals surface area contributed by atoms with Crippen LogP contribution in [-0.2, 0) is 16.6 Å². The van der Waals surface area contributed by atoms with E-state index in [1.807, 2.05) is 30.6 Å². The molecule has 3 atom stereocenters. The molecule has 2 heterocycles. The first-order valence-electron chi connectivity index (χ1n) is 8.12. The van der Waals surface area contributed by atoms with E-state index in [1.54, 1.807) is 6.20 Å². The zero-order valence-electron chi connectivity index (χ0n) is 13.7. The summed E-state index contributed by atoms with van der Waals surface area (Å²) in [6.45, 7) is 13.7. The quantitative estimate of drug-likeness (QED) is 0.703. The maximum Gasteiger partial charge on any atom is 0.282 e. The molecule has 0 radical (unpaired) electrons. The molecule has 0 aromatic carbocycles. The van der Waals surface area contributed by atoms with E-state index in [-0.39, 0.29) is 17.1 Å². The van der Waals surface area contributed by atoms with Crippen molar-refractivity contribution in [1.29, 1.82) is 0 Å². The second kappa shape index (κ2) is 4.41. The van der Waals surface area contributed by atoms with Crippen molar-refractivity contribution in [3.05, 3.63) is 41.1 Å². The molecule has 4 rings (SSSR count). The minimum atomic E-state index is -0.559. The number of ketones is 1. The zero-order chi connectivity index (χ0) is 16.4. The van der Waals surface area contributed by atoms with Gasteiger partial charge in [0.05, 0.1) is 11.9 Å². The second-order valence-corrected chi connectivity index (χ2v) is 7.68. The van der Waals surface area contributed by atoms with Crippen LogP contribution in [0.5, 0.6) is 0 Å². The van der Waals surface area contributed by atoms with E-state index < -0.39 is 11.5 Å². The summed E-state index contributed by atoms with van der Waals surface area (Å²) >= 11 is 0. The second-order valence-electron chi connectivity index (χ2n) is 7.68. The third-order valence-electron chi connectivity index (χ3n) is 6.09. The van der Waals surface area contributed by atoms with Gasteiger partial charge in [-0.15, -0.1) is 0 Å². The van der Waals surface area contributed by atoms with Gasteiger partial charge in [-0.25, -0.2) is 16.1 Å². The van der Waals surface area contributed by atoms with Crippen LogP contribution in [0, 0.1) is 17.9 Å². The van der Waals surface area contributed by atoms with Crippen LogP contribution in [-0.4, -0.2) is 26.4 Å². The van der Waals surface area contributed by atoms with Crippen molar-refractivity contribution in [2.75, 3.05) is 0 Å². The lowest BCUT2D eigenvalue weighted by Crippen LogP contribution is -2.57. The van der Waals surface area contributed by atoms with E-state index in [1.165, 1.54) is 5.56 Å². The maximum absolute atomic E-state index is 12.8. The standard InChI is InChI=1S/C18H20N4O/c1-17(2)13-6-5-11-10-20-14-7-8-21-22(14)15(11)18(13,3)9-12(19-4)16(17)23/h7-8,10,12-13H,5-6,9H2,1-3H3/t12?,13-,18-/m0/s1. The molecule has 2 aliphatic rings. The van der Waals surface area contributed by atoms with Crippen LogP contribution in [0.4, 0.5) is 0 Å². The molecule has 1 saturated carbocycles. The average Bonchev–Trinajstić information content (AvgIpc) is 2.99. The van der Waals surface area contributed by atoms with Gasteiger partial charge in [0.1, 0.15) is 0 Å². The Morgan fingerprint density at radius 3 is 2.91 bits per heavy atom. The number of aryl methyl sites for hydroxylation is 1. The minimum Gasteiger partial charge on any atom is -0.305 e. The van der Waals surface area contributed by atoms with Crippen LogP contribution < -0.4 is 0 Å². The molecule has 0 amide bonds. The molecular weight excluding hydrogens is 288 g/mol. The number of rotatable bonds is 0. The highest BCUT2D eigenvalue weighted by Gasteiger charge is 2.60. The number of hydrogen-bond donors (Lipinski definition) is 0. The Balaban J connectivity index is 2.00. The number of fused-ring (bicyclic) bond motifs is 5. The van der Waals surface area contributed by atoms with Crippen molar-refractivity contribution >= 4 is 11.4 Å². The fourth-order valence-corrected chi connectivity index (χ4v) is 5.08. The summed E-state index contributed by atoms with van der Waals surface area (Å²) in [5.74, 6) is 0.326. The van der Waals surface area contributed by atoms with E-state index in [9.17, 15) is 4.79 Å². The Morgan fingerprint density at radius 1 is 1.39 bits per heavy atom. The number of nitrogens with zero attached hydrogens (tertiary/aromatic N) is 4. The molecule has 5 heteroatoms. The summed E-state index contributed by atoms with van der Waals surface area (Å²) in [6.07, 6.45) is 6.17. The molecule has 5 nitrogen and oxygen atoms in total. The van der Waals surface area contributed by atoms with Crippen LogP contribution >= 0.6 is 0 Å². The Hall–Kier alpha value is -2.22. The lowest BCUT2D eigenvalue weighted by atomic mass is 9.50. The van der Waals surface area contributed by atoms with Gasteiger partial charge in [-0.2, -0.15) is 5.10 Å². The third kappa shape index (κ3) is 1.69.